The Balaban J connectivity index is 2.58. The molecule has 0 bridgehead atoms. The van der Waals surface area contributed by atoms with Crippen LogP contribution < -0.4 is 15.2 Å². The van der Waals surface area contributed by atoms with E-state index in [2.05, 4.69) is 4.98 Å². The van der Waals surface area contributed by atoms with E-state index in [0.717, 1.165) is 5.69 Å². The van der Waals surface area contributed by atoms with Gasteiger partial charge in [-0.1, -0.05) is 0 Å². The first-order chi connectivity index (χ1) is 7.76. The lowest BCUT2D eigenvalue weighted by Gasteiger charge is -2.12. The summed E-state index contributed by atoms with van der Waals surface area (Å²) >= 11 is 0. The highest BCUT2D eigenvalue weighted by atomic mass is 16.5. The summed E-state index contributed by atoms with van der Waals surface area (Å²) in [4.78, 5) is 3.99. The standard InChI is InChI=1S/C11H13N3O2/c1-15-10-6-9(14-4-3-13-7-14)11(16-2)5-8(10)12/h3-7H,12H2,1-2H3. The molecule has 5 heteroatoms. The Labute approximate surface area is 93.4 Å². The van der Waals surface area contributed by atoms with E-state index in [0.29, 0.717) is 17.2 Å². The Bertz CT molecular complexity index is 480. The van der Waals surface area contributed by atoms with Gasteiger partial charge in [0.15, 0.2) is 0 Å². The van der Waals surface area contributed by atoms with Crippen molar-refractivity contribution in [1.82, 2.24) is 9.55 Å². The maximum absolute atomic E-state index is 5.80. The second kappa shape index (κ2) is 4.14. The van der Waals surface area contributed by atoms with Crippen LogP contribution in [0.3, 0.4) is 0 Å². The minimum atomic E-state index is 0.545. The van der Waals surface area contributed by atoms with Crippen LogP contribution in [0.5, 0.6) is 11.5 Å². The number of benzene rings is 1. The van der Waals surface area contributed by atoms with Gasteiger partial charge >= 0.3 is 0 Å². The minimum Gasteiger partial charge on any atom is -0.495 e. The number of nitrogens with two attached hydrogens (primary N) is 1. The van der Waals surface area contributed by atoms with Gasteiger partial charge in [-0.25, -0.2) is 4.98 Å². The Morgan fingerprint density at radius 2 is 1.94 bits per heavy atom. The number of rotatable bonds is 3. The van der Waals surface area contributed by atoms with Gasteiger partial charge in [-0.05, 0) is 0 Å². The molecular formula is C11H13N3O2. The molecule has 16 heavy (non-hydrogen) atoms. The average Bonchev–Trinajstić information content (AvgIpc) is 2.82. The van der Waals surface area contributed by atoms with Crippen LogP contribution in [-0.4, -0.2) is 23.8 Å². The molecule has 0 aliphatic heterocycles. The molecule has 2 rings (SSSR count). The molecule has 2 aromatic rings. The van der Waals surface area contributed by atoms with Crippen LogP contribution in [0.1, 0.15) is 0 Å². The maximum atomic E-state index is 5.80. The highest BCUT2D eigenvalue weighted by Gasteiger charge is 2.10. The van der Waals surface area contributed by atoms with Crippen molar-refractivity contribution in [2.24, 2.45) is 0 Å². The van der Waals surface area contributed by atoms with Crippen molar-refractivity contribution in [3.8, 4) is 17.2 Å². The predicted molar refractivity (Wildman–Crippen MR) is 61.1 cm³/mol. The number of nitrogen functional groups attached to an aromatic ring is 1. The lowest BCUT2D eigenvalue weighted by molar-refractivity contribution is 0.403. The maximum Gasteiger partial charge on any atom is 0.145 e. The Morgan fingerprint density at radius 3 is 2.50 bits per heavy atom. The zero-order valence-corrected chi connectivity index (χ0v) is 9.18. The lowest BCUT2D eigenvalue weighted by Crippen LogP contribution is -2.00. The zero-order valence-electron chi connectivity index (χ0n) is 9.18. The normalized spacial score (nSPS) is 10.1. The number of nitrogens with zero attached hydrogens (tertiary/aromatic N) is 2. The van der Waals surface area contributed by atoms with Crippen molar-refractivity contribution in [2.75, 3.05) is 20.0 Å². The monoisotopic (exact) mass is 219 g/mol. The van der Waals surface area contributed by atoms with E-state index in [1.54, 1.807) is 32.8 Å². The SMILES string of the molecule is COc1cc(-n2ccnc2)c(OC)cc1N. The van der Waals surface area contributed by atoms with Crippen LogP contribution in [0, 0.1) is 0 Å². The summed E-state index contributed by atoms with van der Waals surface area (Å²) in [6.45, 7) is 0. The number of hydrogen-bond donors (Lipinski definition) is 1. The third-order valence-electron chi connectivity index (χ3n) is 2.31. The number of aromatic nitrogens is 2. The van der Waals surface area contributed by atoms with Crippen LogP contribution in [0.15, 0.2) is 30.9 Å². The van der Waals surface area contributed by atoms with Gasteiger partial charge in [0.2, 0.25) is 0 Å². The van der Waals surface area contributed by atoms with Crippen molar-refractivity contribution in [3.05, 3.63) is 30.9 Å². The van der Waals surface area contributed by atoms with Crippen molar-refractivity contribution >= 4 is 5.69 Å². The highest BCUT2D eigenvalue weighted by molar-refractivity contribution is 5.64. The van der Waals surface area contributed by atoms with Crippen LogP contribution in [-0.2, 0) is 0 Å². The smallest absolute Gasteiger partial charge is 0.145 e. The van der Waals surface area contributed by atoms with Gasteiger partial charge < -0.3 is 19.8 Å². The Hall–Kier alpha value is -2.17. The minimum absolute atomic E-state index is 0.545. The van der Waals surface area contributed by atoms with Gasteiger partial charge in [-0.3, -0.25) is 0 Å². The summed E-state index contributed by atoms with van der Waals surface area (Å²) in [5, 5.41) is 0. The summed E-state index contributed by atoms with van der Waals surface area (Å²) in [5.74, 6) is 1.29. The second-order valence-electron chi connectivity index (χ2n) is 3.24. The molecule has 0 spiro atoms. The topological polar surface area (TPSA) is 62.3 Å². The molecule has 0 amide bonds. The Kier molecular flexibility index (Phi) is 2.68. The summed E-state index contributed by atoms with van der Waals surface area (Å²) in [6, 6.07) is 3.55. The number of anilines is 1. The third kappa shape index (κ3) is 1.67. The van der Waals surface area contributed by atoms with E-state index in [9.17, 15) is 0 Å². The summed E-state index contributed by atoms with van der Waals surface area (Å²) in [7, 11) is 3.18. The summed E-state index contributed by atoms with van der Waals surface area (Å²) in [6.07, 6.45) is 5.21. The fourth-order valence-corrected chi connectivity index (χ4v) is 1.51. The summed E-state index contributed by atoms with van der Waals surface area (Å²) < 4.78 is 12.3. The van der Waals surface area contributed by atoms with Gasteiger partial charge in [0.25, 0.3) is 0 Å². The molecule has 0 aliphatic rings. The van der Waals surface area contributed by atoms with E-state index in [1.807, 2.05) is 16.8 Å². The lowest BCUT2D eigenvalue weighted by atomic mass is 10.2. The quantitative estimate of drug-likeness (QED) is 0.794. The van der Waals surface area contributed by atoms with E-state index < -0.39 is 0 Å². The van der Waals surface area contributed by atoms with Gasteiger partial charge in [-0.15, -0.1) is 0 Å². The average molecular weight is 219 g/mol. The van der Waals surface area contributed by atoms with Gasteiger partial charge in [0, 0.05) is 24.5 Å². The number of ether oxygens (including phenoxy) is 2. The number of methoxy groups -OCH3 is 2. The van der Waals surface area contributed by atoms with Crippen LogP contribution in [0.2, 0.25) is 0 Å². The molecule has 0 aliphatic carbocycles. The first-order valence-corrected chi connectivity index (χ1v) is 4.76. The molecule has 1 aromatic heterocycles. The van der Waals surface area contributed by atoms with Crippen molar-refractivity contribution in [3.63, 3.8) is 0 Å². The molecule has 0 atom stereocenters. The first kappa shape index (κ1) is 10.4. The molecule has 5 nitrogen and oxygen atoms in total. The zero-order chi connectivity index (χ0) is 11.5. The van der Waals surface area contributed by atoms with E-state index in [1.165, 1.54) is 0 Å². The molecule has 0 fully saturated rings. The summed E-state index contributed by atoms with van der Waals surface area (Å²) in [5.41, 5.74) is 7.18. The molecule has 0 unspecified atom stereocenters. The molecular weight excluding hydrogens is 206 g/mol. The van der Waals surface area contributed by atoms with E-state index in [4.69, 9.17) is 15.2 Å². The van der Waals surface area contributed by atoms with Crippen molar-refractivity contribution < 1.29 is 9.47 Å². The number of hydrogen-bond acceptors (Lipinski definition) is 4. The highest BCUT2D eigenvalue weighted by Crippen LogP contribution is 2.32. The first-order valence-electron chi connectivity index (χ1n) is 4.76. The number of imidazole rings is 1. The Morgan fingerprint density at radius 1 is 1.19 bits per heavy atom. The molecule has 1 heterocycles. The molecule has 0 saturated heterocycles. The van der Waals surface area contributed by atoms with E-state index >= 15 is 0 Å². The third-order valence-corrected chi connectivity index (χ3v) is 2.31. The molecule has 0 saturated carbocycles. The van der Waals surface area contributed by atoms with Crippen molar-refractivity contribution in [2.45, 2.75) is 0 Å². The fraction of sp³-hybridized carbons (Fsp3) is 0.182. The van der Waals surface area contributed by atoms with Crippen molar-refractivity contribution in [1.29, 1.82) is 0 Å². The van der Waals surface area contributed by atoms with Gasteiger partial charge in [0.1, 0.15) is 11.5 Å². The molecule has 1 aromatic carbocycles. The largest absolute Gasteiger partial charge is 0.495 e. The van der Waals surface area contributed by atoms with E-state index in [-0.39, 0.29) is 0 Å². The fourth-order valence-electron chi connectivity index (χ4n) is 1.51. The second-order valence-corrected chi connectivity index (χ2v) is 3.24. The van der Waals surface area contributed by atoms with Crippen LogP contribution in [0.25, 0.3) is 5.69 Å². The molecule has 84 valence electrons. The van der Waals surface area contributed by atoms with Gasteiger partial charge in [-0.2, -0.15) is 0 Å². The molecule has 0 radical (unpaired) electrons. The van der Waals surface area contributed by atoms with Crippen LogP contribution in [0.4, 0.5) is 5.69 Å². The predicted octanol–water partition coefficient (Wildman–Crippen LogP) is 1.47. The molecule has 2 N–H and O–H groups in total. The van der Waals surface area contributed by atoms with Gasteiger partial charge in [0.05, 0.1) is 31.9 Å². The van der Waals surface area contributed by atoms with Crippen LogP contribution >= 0.6 is 0 Å².